The molecule has 51 heavy (non-hydrogen) atoms. The molecular weight excluding hydrogens is 684 g/mol. The Kier molecular flexibility index (Phi) is 19.3. The molecule has 18 atom stereocenters. The van der Waals surface area contributed by atoms with Gasteiger partial charge in [-0.15, -0.1) is 0 Å². The summed E-state index contributed by atoms with van der Waals surface area (Å²) in [4.78, 5) is 0. The van der Waals surface area contributed by atoms with Crippen LogP contribution in [0.25, 0.3) is 0 Å². The van der Waals surface area contributed by atoms with Crippen molar-refractivity contribution in [3.8, 4) is 0 Å². The van der Waals surface area contributed by atoms with Gasteiger partial charge < -0.3 is 86.0 Å². The van der Waals surface area contributed by atoms with Crippen molar-refractivity contribution in [2.24, 2.45) is 0 Å². The van der Waals surface area contributed by atoms with Crippen LogP contribution in [0.3, 0.4) is 0 Å². The third-order valence-electron chi connectivity index (χ3n) is 9.87. The highest BCUT2D eigenvalue weighted by molar-refractivity contribution is 4.95. The summed E-state index contributed by atoms with van der Waals surface area (Å²) in [5, 5.41) is 21.8. The predicted molar refractivity (Wildman–Crippen MR) is 175 cm³/mol. The second kappa shape index (κ2) is 22.0. The van der Waals surface area contributed by atoms with Gasteiger partial charge >= 0.3 is 0 Å². The molecule has 0 aromatic heterocycles. The van der Waals surface area contributed by atoms with Crippen molar-refractivity contribution in [1.29, 1.82) is 0 Å². The average Bonchev–Trinajstić information content (AvgIpc) is 3.14. The van der Waals surface area contributed by atoms with Gasteiger partial charge in [-0.25, -0.2) is 0 Å². The summed E-state index contributed by atoms with van der Waals surface area (Å²) in [5.41, 5.74) is 0. The standard InChI is InChI=1S/C33H62O18/c1-16-21(37-4)26(41-8)29(44-11)31(48-16)46-14-18(35)23(38-5)24(39-6)19(13-34)50-33-30(45-12)27(42-9)22(17(2)49-33)51-32-28(43-10)25(40-7)20(36-3)15-47-32/h16-35H,13-15H2,1-12H3/t16-,17-,18+,19-,20+,21-,22-,23+,24+,25-,26+,27+,28+,29+,30+,31+,32-,33-/m0/s1. The molecule has 18 heteroatoms. The second-order valence-electron chi connectivity index (χ2n) is 12.6. The lowest BCUT2D eigenvalue weighted by Gasteiger charge is -2.48. The molecule has 0 aliphatic carbocycles. The first-order chi connectivity index (χ1) is 24.6. The van der Waals surface area contributed by atoms with Crippen LogP contribution in [-0.4, -0.2) is 212 Å². The molecule has 0 radical (unpaired) electrons. The largest absolute Gasteiger partial charge is 0.394 e. The normalized spacial score (nSPS) is 40.1. The van der Waals surface area contributed by atoms with Crippen LogP contribution in [-0.2, 0) is 75.8 Å². The van der Waals surface area contributed by atoms with Crippen molar-refractivity contribution in [3.63, 3.8) is 0 Å². The van der Waals surface area contributed by atoms with Gasteiger partial charge in [0.25, 0.3) is 0 Å². The predicted octanol–water partition coefficient (Wildman–Crippen LogP) is -0.877. The van der Waals surface area contributed by atoms with Gasteiger partial charge in [0.05, 0.1) is 32.0 Å². The fourth-order valence-corrected chi connectivity index (χ4v) is 7.18. The number of aliphatic hydroxyl groups is 2. The molecule has 302 valence electrons. The van der Waals surface area contributed by atoms with E-state index in [0.29, 0.717) is 0 Å². The Morgan fingerprint density at radius 3 is 1.57 bits per heavy atom. The maximum Gasteiger partial charge on any atom is 0.187 e. The van der Waals surface area contributed by atoms with Crippen LogP contribution in [0.2, 0.25) is 0 Å². The number of rotatable bonds is 21. The Hall–Kier alpha value is -0.720. The first-order valence-electron chi connectivity index (χ1n) is 17.0. The van der Waals surface area contributed by atoms with Crippen molar-refractivity contribution in [3.05, 3.63) is 0 Å². The fraction of sp³-hybridized carbons (Fsp3) is 1.00. The van der Waals surface area contributed by atoms with Crippen LogP contribution in [0.15, 0.2) is 0 Å². The lowest BCUT2D eigenvalue weighted by molar-refractivity contribution is -0.360. The highest BCUT2D eigenvalue weighted by Gasteiger charge is 2.52. The smallest absolute Gasteiger partial charge is 0.187 e. The molecule has 3 rings (SSSR count). The van der Waals surface area contributed by atoms with Gasteiger partial charge in [-0.05, 0) is 13.8 Å². The maximum absolute atomic E-state index is 11.3. The van der Waals surface area contributed by atoms with Crippen molar-refractivity contribution in [1.82, 2.24) is 0 Å². The van der Waals surface area contributed by atoms with Gasteiger partial charge in [0.2, 0.25) is 0 Å². The van der Waals surface area contributed by atoms with Crippen LogP contribution >= 0.6 is 0 Å². The molecule has 0 bridgehead atoms. The van der Waals surface area contributed by atoms with Gasteiger partial charge in [-0.1, -0.05) is 0 Å². The van der Waals surface area contributed by atoms with Gasteiger partial charge in [0, 0.05) is 71.1 Å². The summed E-state index contributed by atoms with van der Waals surface area (Å²) < 4.78 is 93.8. The van der Waals surface area contributed by atoms with Crippen molar-refractivity contribution < 1.29 is 86.0 Å². The molecule has 0 aromatic rings. The maximum atomic E-state index is 11.3. The molecule has 18 nitrogen and oxygen atoms in total. The molecule has 3 aliphatic heterocycles. The fourth-order valence-electron chi connectivity index (χ4n) is 7.18. The SMILES string of the molecule is CO[C@@H]1[C@@H](OC)[C@H](C)O[C@@H](OC[C@@H](O)[C@@H](OC)[C@H](OC)[C@H](CO)O[C@@H]2O[C@@H](C)[C@H](O[C@@H]3OC[C@@H](OC)[C@H](OC)[C@H]3OC)[C@@H](OC)[C@H]2OC)[C@@H]1OC. The van der Waals surface area contributed by atoms with Gasteiger partial charge in [-0.2, -0.15) is 0 Å². The third-order valence-corrected chi connectivity index (χ3v) is 9.87. The first-order valence-corrected chi connectivity index (χ1v) is 17.0. The van der Waals surface area contributed by atoms with Crippen LogP contribution < -0.4 is 0 Å². The molecule has 0 amide bonds. The quantitative estimate of drug-likeness (QED) is 0.147. The van der Waals surface area contributed by atoms with Gasteiger partial charge in [0.1, 0.15) is 79.4 Å². The van der Waals surface area contributed by atoms with E-state index in [2.05, 4.69) is 0 Å². The van der Waals surface area contributed by atoms with Crippen molar-refractivity contribution in [2.45, 2.75) is 124 Å². The Balaban J connectivity index is 1.72. The molecule has 3 aliphatic rings. The zero-order valence-electron chi connectivity index (χ0n) is 31.9. The topological polar surface area (TPSA) is 188 Å². The number of ether oxygens (including phenoxy) is 16. The monoisotopic (exact) mass is 746 g/mol. The number of aliphatic hydroxyl groups excluding tert-OH is 2. The van der Waals surface area contributed by atoms with Gasteiger partial charge in [-0.3, -0.25) is 0 Å². The van der Waals surface area contributed by atoms with Crippen molar-refractivity contribution in [2.75, 3.05) is 90.9 Å². The molecule has 2 N–H and O–H groups in total. The summed E-state index contributed by atoms with van der Waals surface area (Å²) in [6.45, 7) is 3.07. The first kappa shape index (κ1) is 44.7. The molecule has 3 heterocycles. The van der Waals surface area contributed by atoms with E-state index in [9.17, 15) is 10.2 Å². The zero-order chi connectivity index (χ0) is 37.8. The van der Waals surface area contributed by atoms with E-state index in [0.717, 1.165) is 0 Å². The second-order valence-corrected chi connectivity index (χ2v) is 12.6. The van der Waals surface area contributed by atoms with E-state index in [1.165, 1.54) is 42.7 Å². The number of hydrogen-bond acceptors (Lipinski definition) is 18. The highest BCUT2D eigenvalue weighted by atomic mass is 16.8. The average molecular weight is 747 g/mol. The molecular formula is C33H62O18. The zero-order valence-corrected chi connectivity index (χ0v) is 31.9. The lowest BCUT2D eigenvalue weighted by atomic mass is 9.97. The third kappa shape index (κ3) is 10.3. The number of hydrogen-bond donors (Lipinski definition) is 2. The summed E-state index contributed by atoms with van der Waals surface area (Å²) in [7, 11) is 15.1. The summed E-state index contributed by atoms with van der Waals surface area (Å²) in [5.74, 6) is 0. The summed E-state index contributed by atoms with van der Waals surface area (Å²) >= 11 is 0. The lowest BCUT2D eigenvalue weighted by Crippen LogP contribution is -2.64. The summed E-state index contributed by atoms with van der Waals surface area (Å²) in [6, 6.07) is 0. The molecule has 0 spiro atoms. The Labute approximate surface area is 301 Å². The van der Waals surface area contributed by atoms with Crippen LogP contribution in [0.1, 0.15) is 13.8 Å². The van der Waals surface area contributed by atoms with Crippen LogP contribution in [0.5, 0.6) is 0 Å². The van der Waals surface area contributed by atoms with E-state index in [-0.39, 0.29) is 25.4 Å². The van der Waals surface area contributed by atoms with E-state index < -0.39 is 105 Å². The highest BCUT2D eigenvalue weighted by Crippen LogP contribution is 2.33. The van der Waals surface area contributed by atoms with Crippen molar-refractivity contribution >= 4 is 0 Å². The van der Waals surface area contributed by atoms with Gasteiger partial charge in [0.15, 0.2) is 18.9 Å². The minimum Gasteiger partial charge on any atom is -0.394 e. The van der Waals surface area contributed by atoms with E-state index >= 15 is 0 Å². The Morgan fingerprint density at radius 1 is 0.569 bits per heavy atom. The van der Waals surface area contributed by atoms with E-state index in [1.807, 2.05) is 6.92 Å². The minimum absolute atomic E-state index is 0.217. The van der Waals surface area contributed by atoms with Crippen LogP contribution in [0.4, 0.5) is 0 Å². The minimum atomic E-state index is -1.26. The summed E-state index contributed by atoms with van der Waals surface area (Å²) in [6.07, 6.45) is -13.4. The van der Waals surface area contributed by atoms with E-state index in [4.69, 9.17) is 75.8 Å². The molecule has 3 saturated heterocycles. The molecule has 0 aromatic carbocycles. The Bertz CT molecular complexity index is 951. The van der Waals surface area contributed by atoms with Crippen LogP contribution in [0, 0.1) is 0 Å². The Morgan fingerprint density at radius 2 is 1.06 bits per heavy atom. The molecule has 0 unspecified atom stereocenters. The molecule has 3 fully saturated rings. The van der Waals surface area contributed by atoms with E-state index in [1.54, 1.807) is 35.4 Å². The number of methoxy groups -OCH3 is 10. The molecule has 0 saturated carbocycles.